The summed E-state index contributed by atoms with van der Waals surface area (Å²) in [6.45, 7) is 0. The maximum absolute atomic E-state index is 4.54. The van der Waals surface area contributed by atoms with Gasteiger partial charge in [0.05, 0.1) is 5.39 Å². The Morgan fingerprint density at radius 3 is 2.71 bits per heavy atom. The zero-order chi connectivity index (χ0) is 16.7. The number of H-pyrrole nitrogens is 1. The van der Waals surface area contributed by atoms with Crippen molar-refractivity contribution in [2.24, 2.45) is 0 Å². The van der Waals surface area contributed by atoms with Crippen LogP contribution in [0.4, 0.5) is 5.82 Å². The zero-order valence-corrected chi connectivity index (χ0v) is 15.6. The fourth-order valence-corrected chi connectivity index (χ4v) is 4.10. The van der Waals surface area contributed by atoms with Crippen molar-refractivity contribution in [3.63, 3.8) is 0 Å². The number of fused-ring (bicyclic) bond motifs is 3. The number of benzene rings is 1. The van der Waals surface area contributed by atoms with Gasteiger partial charge in [-0.25, -0.2) is 9.97 Å². The van der Waals surface area contributed by atoms with E-state index in [-0.39, 0.29) is 0 Å². The predicted molar refractivity (Wildman–Crippen MR) is 102 cm³/mol. The molecule has 126 valence electrons. The van der Waals surface area contributed by atoms with E-state index in [1.54, 1.807) is 6.33 Å². The van der Waals surface area contributed by atoms with Crippen LogP contribution in [0.15, 0.2) is 29.0 Å². The van der Waals surface area contributed by atoms with Gasteiger partial charge in [0.25, 0.3) is 0 Å². The highest BCUT2D eigenvalue weighted by Gasteiger charge is 2.23. The van der Waals surface area contributed by atoms with Crippen LogP contribution in [-0.4, -0.2) is 46.0 Å². The second-order valence-corrected chi connectivity index (χ2v) is 7.79. The van der Waals surface area contributed by atoms with Crippen molar-refractivity contribution < 1.29 is 0 Å². The van der Waals surface area contributed by atoms with Crippen LogP contribution in [-0.2, 0) is 0 Å². The first-order valence-electron chi connectivity index (χ1n) is 8.46. The van der Waals surface area contributed by atoms with Gasteiger partial charge in [-0.1, -0.05) is 15.9 Å². The Kier molecular flexibility index (Phi) is 4.18. The summed E-state index contributed by atoms with van der Waals surface area (Å²) in [5.74, 6) is 0.942. The number of nitrogens with zero attached hydrogens (tertiary/aromatic N) is 3. The van der Waals surface area contributed by atoms with Crippen LogP contribution in [0.5, 0.6) is 0 Å². The van der Waals surface area contributed by atoms with Crippen molar-refractivity contribution in [1.82, 2.24) is 19.9 Å². The van der Waals surface area contributed by atoms with Gasteiger partial charge < -0.3 is 15.2 Å². The summed E-state index contributed by atoms with van der Waals surface area (Å²) >= 11 is 3.57. The number of aromatic amines is 1. The number of hydrogen-bond acceptors (Lipinski definition) is 4. The molecule has 1 aliphatic rings. The first-order chi connectivity index (χ1) is 11.6. The molecule has 1 aliphatic carbocycles. The minimum absolute atomic E-state index is 0.483. The Bertz CT molecular complexity index is 864. The molecule has 0 atom stereocenters. The smallest absolute Gasteiger partial charge is 0.143 e. The number of rotatable bonds is 3. The van der Waals surface area contributed by atoms with E-state index >= 15 is 0 Å². The van der Waals surface area contributed by atoms with Gasteiger partial charge in [-0.05, 0) is 58.0 Å². The third-order valence-corrected chi connectivity index (χ3v) is 5.61. The van der Waals surface area contributed by atoms with E-state index in [2.05, 4.69) is 67.3 Å². The molecule has 0 bridgehead atoms. The first kappa shape index (κ1) is 15.8. The SMILES string of the molecule is CN(C)[C@H]1CC[C@H](Nc2ncnc3[nH]c4ccc(Br)cc4c23)CC1. The largest absolute Gasteiger partial charge is 0.367 e. The number of hydrogen-bond donors (Lipinski definition) is 2. The summed E-state index contributed by atoms with van der Waals surface area (Å²) < 4.78 is 1.07. The van der Waals surface area contributed by atoms with Crippen LogP contribution >= 0.6 is 15.9 Å². The number of anilines is 1. The van der Waals surface area contributed by atoms with Crippen molar-refractivity contribution in [3.05, 3.63) is 29.0 Å². The molecular formula is C18H22BrN5. The van der Waals surface area contributed by atoms with Gasteiger partial charge in [0.2, 0.25) is 0 Å². The summed E-state index contributed by atoms with van der Waals surface area (Å²) in [6, 6.07) is 7.44. The summed E-state index contributed by atoms with van der Waals surface area (Å²) in [6.07, 6.45) is 6.47. The quantitative estimate of drug-likeness (QED) is 0.708. The third kappa shape index (κ3) is 2.89. The van der Waals surface area contributed by atoms with E-state index < -0.39 is 0 Å². The molecule has 6 heteroatoms. The van der Waals surface area contributed by atoms with Crippen molar-refractivity contribution in [2.75, 3.05) is 19.4 Å². The highest BCUT2D eigenvalue weighted by atomic mass is 79.9. The zero-order valence-electron chi connectivity index (χ0n) is 14.0. The molecule has 2 aromatic heterocycles. The maximum atomic E-state index is 4.54. The average molecular weight is 388 g/mol. The standard InChI is InChI=1S/C18H22BrN5/c1-24(2)13-6-4-12(5-7-13)22-17-16-14-9-11(19)3-8-15(14)23-18(16)21-10-20-17/h3,8-10,12-13H,4-7H2,1-2H3,(H2,20,21,22,23)/t12-,13-. The van der Waals surface area contributed by atoms with Gasteiger partial charge in [-0.15, -0.1) is 0 Å². The van der Waals surface area contributed by atoms with Crippen molar-refractivity contribution in [1.29, 1.82) is 0 Å². The molecule has 1 fully saturated rings. The highest BCUT2D eigenvalue weighted by Crippen LogP contribution is 2.32. The Balaban J connectivity index is 1.65. The van der Waals surface area contributed by atoms with Crippen LogP contribution in [0.25, 0.3) is 21.9 Å². The molecular weight excluding hydrogens is 366 g/mol. The fraction of sp³-hybridized carbons (Fsp3) is 0.444. The van der Waals surface area contributed by atoms with E-state index in [0.29, 0.717) is 12.1 Å². The van der Waals surface area contributed by atoms with E-state index in [9.17, 15) is 0 Å². The van der Waals surface area contributed by atoms with Gasteiger partial charge in [0, 0.05) is 27.5 Å². The lowest BCUT2D eigenvalue weighted by Crippen LogP contribution is -2.36. The van der Waals surface area contributed by atoms with Crippen molar-refractivity contribution in [2.45, 2.75) is 37.8 Å². The number of aromatic nitrogens is 3. The molecule has 4 rings (SSSR count). The minimum atomic E-state index is 0.483. The van der Waals surface area contributed by atoms with Crippen LogP contribution < -0.4 is 5.32 Å². The Labute approximate surface area is 150 Å². The molecule has 24 heavy (non-hydrogen) atoms. The van der Waals surface area contributed by atoms with E-state index in [0.717, 1.165) is 32.2 Å². The van der Waals surface area contributed by atoms with E-state index in [1.807, 2.05) is 6.07 Å². The summed E-state index contributed by atoms with van der Waals surface area (Å²) in [4.78, 5) is 14.7. The molecule has 0 aliphatic heterocycles. The summed E-state index contributed by atoms with van der Waals surface area (Å²) in [5.41, 5.74) is 1.98. The first-order valence-corrected chi connectivity index (χ1v) is 9.26. The lowest BCUT2D eigenvalue weighted by molar-refractivity contribution is 0.221. The van der Waals surface area contributed by atoms with Gasteiger partial charge in [0.1, 0.15) is 17.8 Å². The van der Waals surface area contributed by atoms with E-state index in [4.69, 9.17) is 0 Å². The molecule has 3 aromatic rings. The Morgan fingerprint density at radius 1 is 1.17 bits per heavy atom. The molecule has 0 saturated heterocycles. The molecule has 2 heterocycles. The monoisotopic (exact) mass is 387 g/mol. The molecule has 0 amide bonds. The van der Waals surface area contributed by atoms with Crippen LogP contribution in [0, 0.1) is 0 Å². The fourth-order valence-electron chi connectivity index (χ4n) is 3.73. The number of nitrogens with one attached hydrogen (secondary N) is 2. The lowest BCUT2D eigenvalue weighted by Gasteiger charge is -2.33. The molecule has 0 spiro atoms. The summed E-state index contributed by atoms with van der Waals surface area (Å²) in [5, 5.41) is 5.92. The molecule has 1 aromatic carbocycles. The van der Waals surface area contributed by atoms with Gasteiger partial charge in [0.15, 0.2) is 0 Å². The van der Waals surface area contributed by atoms with Crippen LogP contribution in [0.1, 0.15) is 25.7 Å². The van der Waals surface area contributed by atoms with Gasteiger partial charge in [-0.2, -0.15) is 0 Å². The van der Waals surface area contributed by atoms with Crippen LogP contribution in [0.2, 0.25) is 0 Å². The molecule has 1 saturated carbocycles. The molecule has 0 unspecified atom stereocenters. The molecule has 2 N–H and O–H groups in total. The van der Waals surface area contributed by atoms with Crippen LogP contribution in [0.3, 0.4) is 0 Å². The maximum Gasteiger partial charge on any atom is 0.143 e. The predicted octanol–water partition coefficient (Wildman–Crippen LogP) is 4.16. The second kappa shape index (κ2) is 6.33. The van der Waals surface area contributed by atoms with Gasteiger partial charge >= 0.3 is 0 Å². The topological polar surface area (TPSA) is 56.8 Å². The van der Waals surface area contributed by atoms with Crippen molar-refractivity contribution in [3.8, 4) is 0 Å². The van der Waals surface area contributed by atoms with E-state index in [1.165, 1.54) is 25.7 Å². The number of halogens is 1. The second-order valence-electron chi connectivity index (χ2n) is 6.87. The lowest BCUT2D eigenvalue weighted by atomic mass is 9.90. The van der Waals surface area contributed by atoms with Gasteiger partial charge in [-0.3, -0.25) is 0 Å². The normalized spacial score (nSPS) is 21.7. The van der Waals surface area contributed by atoms with Crippen molar-refractivity contribution >= 4 is 43.7 Å². The Morgan fingerprint density at radius 2 is 1.96 bits per heavy atom. The minimum Gasteiger partial charge on any atom is -0.367 e. The Hall–Kier alpha value is -1.66. The molecule has 0 radical (unpaired) electrons. The average Bonchev–Trinajstić information content (AvgIpc) is 2.94. The summed E-state index contributed by atoms with van der Waals surface area (Å²) in [7, 11) is 4.35. The highest BCUT2D eigenvalue weighted by molar-refractivity contribution is 9.10. The third-order valence-electron chi connectivity index (χ3n) is 5.12. The molecule has 5 nitrogen and oxygen atoms in total.